The first-order valence-electron chi connectivity index (χ1n) is 6.19. The van der Waals surface area contributed by atoms with Gasteiger partial charge in [0.2, 0.25) is 5.95 Å². The largest absolute Gasteiger partial charge is 0.463 e. The van der Waals surface area contributed by atoms with Gasteiger partial charge in [0, 0.05) is 5.56 Å². The number of aromatic amines is 1. The Morgan fingerprint density at radius 3 is 2.89 bits per heavy atom. The van der Waals surface area contributed by atoms with E-state index in [1.165, 1.54) is 0 Å². The molecule has 1 amide bonds. The molecule has 0 bridgehead atoms. The Kier molecular flexibility index (Phi) is 4.12. The molecule has 0 saturated carbocycles. The quantitative estimate of drug-likeness (QED) is 0.861. The lowest BCUT2D eigenvalue weighted by Crippen LogP contribution is -2.15. The van der Waals surface area contributed by atoms with Gasteiger partial charge in [0.25, 0.3) is 5.91 Å². The first-order valence-corrected chi connectivity index (χ1v) is 6.19. The number of amides is 1. The lowest BCUT2D eigenvalue weighted by atomic mass is 10.1. The van der Waals surface area contributed by atoms with Gasteiger partial charge in [-0.25, -0.2) is 5.10 Å². The minimum Gasteiger partial charge on any atom is -0.463 e. The van der Waals surface area contributed by atoms with Gasteiger partial charge in [-0.3, -0.25) is 10.1 Å². The maximum Gasteiger partial charge on any atom is 0.337 e. The Hall–Kier alpha value is -2.37. The van der Waals surface area contributed by atoms with Crippen molar-refractivity contribution in [2.75, 3.05) is 11.9 Å². The van der Waals surface area contributed by atoms with E-state index in [-0.39, 0.29) is 17.9 Å². The fourth-order valence-corrected chi connectivity index (χ4v) is 1.72. The van der Waals surface area contributed by atoms with Crippen molar-refractivity contribution in [2.45, 2.75) is 20.3 Å². The molecule has 19 heavy (non-hydrogen) atoms. The van der Waals surface area contributed by atoms with Crippen LogP contribution in [0.15, 0.2) is 24.3 Å². The number of anilines is 1. The average molecular weight is 260 g/mol. The van der Waals surface area contributed by atoms with Gasteiger partial charge in [-0.05, 0) is 25.0 Å². The highest BCUT2D eigenvalue weighted by Gasteiger charge is 2.12. The summed E-state index contributed by atoms with van der Waals surface area (Å²) in [5.41, 5.74) is 1.63. The first kappa shape index (κ1) is 13.1. The van der Waals surface area contributed by atoms with E-state index >= 15 is 0 Å². The molecule has 0 atom stereocenters. The number of H-pyrrole nitrogens is 1. The van der Waals surface area contributed by atoms with Crippen LogP contribution in [0, 0.1) is 0 Å². The Bertz CT molecular complexity index is 565. The van der Waals surface area contributed by atoms with Gasteiger partial charge in [0.05, 0.1) is 6.61 Å². The van der Waals surface area contributed by atoms with Crippen molar-refractivity contribution in [3.05, 3.63) is 35.4 Å². The predicted molar refractivity (Wildman–Crippen MR) is 71.3 cm³/mol. The summed E-state index contributed by atoms with van der Waals surface area (Å²) >= 11 is 0. The number of aryl methyl sites for hydroxylation is 1. The lowest BCUT2D eigenvalue weighted by Gasteiger charge is -2.06. The van der Waals surface area contributed by atoms with Crippen LogP contribution < -0.4 is 10.1 Å². The molecule has 0 fully saturated rings. The second kappa shape index (κ2) is 5.99. The average Bonchev–Trinajstić information content (AvgIpc) is 2.86. The molecule has 0 saturated heterocycles. The maximum atomic E-state index is 12.1. The fraction of sp³-hybridized carbons (Fsp3) is 0.308. The summed E-state index contributed by atoms with van der Waals surface area (Å²) in [6.07, 6.45) is 0.796. The molecule has 1 heterocycles. The minimum atomic E-state index is -0.211. The summed E-state index contributed by atoms with van der Waals surface area (Å²) in [7, 11) is 0. The number of benzene rings is 1. The summed E-state index contributed by atoms with van der Waals surface area (Å²) in [4.78, 5) is 16.1. The van der Waals surface area contributed by atoms with Gasteiger partial charge in [-0.15, -0.1) is 5.10 Å². The third-order valence-electron chi connectivity index (χ3n) is 2.61. The van der Waals surface area contributed by atoms with E-state index < -0.39 is 0 Å². The van der Waals surface area contributed by atoms with Crippen LogP contribution in [0.1, 0.15) is 29.8 Å². The standard InChI is InChI=1S/C13H16N4O2/c1-3-9-7-5-6-8-10(9)11(18)14-12-15-13(17-16-12)19-4-2/h5-8H,3-4H2,1-2H3,(H2,14,15,16,17,18). The van der Waals surface area contributed by atoms with Gasteiger partial charge in [0.15, 0.2) is 0 Å². The highest BCUT2D eigenvalue weighted by Crippen LogP contribution is 2.12. The predicted octanol–water partition coefficient (Wildman–Crippen LogP) is 2.02. The summed E-state index contributed by atoms with van der Waals surface area (Å²) in [6, 6.07) is 7.69. The Morgan fingerprint density at radius 1 is 1.37 bits per heavy atom. The first-order chi connectivity index (χ1) is 9.24. The molecular weight excluding hydrogens is 244 g/mol. The van der Waals surface area contributed by atoms with Crippen molar-refractivity contribution in [3.8, 4) is 6.01 Å². The Morgan fingerprint density at radius 2 is 2.16 bits per heavy atom. The third-order valence-corrected chi connectivity index (χ3v) is 2.61. The molecule has 2 aromatic rings. The molecule has 1 aromatic carbocycles. The second-order valence-electron chi connectivity index (χ2n) is 3.86. The molecule has 0 unspecified atom stereocenters. The highest BCUT2D eigenvalue weighted by molar-refractivity contribution is 6.04. The number of nitrogens with zero attached hydrogens (tertiary/aromatic N) is 2. The van der Waals surface area contributed by atoms with E-state index in [1.54, 1.807) is 6.07 Å². The number of hydrogen-bond acceptors (Lipinski definition) is 4. The van der Waals surface area contributed by atoms with E-state index in [1.807, 2.05) is 32.0 Å². The van der Waals surface area contributed by atoms with Crippen molar-refractivity contribution in [1.82, 2.24) is 15.2 Å². The number of nitrogens with one attached hydrogen (secondary N) is 2. The van der Waals surface area contributed by atoms with Crippen LogP contribution in [0.4, 0.5) is 5.95 Å². The zero-order valence-corrected chi connectivity index (χ0v) is 10.9. The van der Waals surface area contributed by atoms with Crippen molar-refractivity contribution in [1.29, 1.82) is 0 Å². The Balaban J connectivity index is 2.11. The number of ether oxygens (including phenoxy) is 1. The number of rotatable bonds is 5. The molecule has 2 N–H and O–H groups in total. The summed E-state index contributed by atoms with van der Waals surface area (Å²) in [6.45, 7) is 4.32. The van der Waals surface area contributed by atoms with Crippen LogP contribution in [0.25, 0.3) is 0 Å². The molecule has 6 heteroatoms. The number of hydrogen-bond donors (Lipinski definition) is 2. The summed E-state index contributed by atoms with van der Waals surface area (Å²) in [5, 5.41) is 9.10. The van der Waals surface area contributed by atoms with E-state index in [0.717, 1.165) is 12.0 Å². The van der Waals surface area contributed by atoms with Gasteiger partial charge < -0.3 is 4.74 Å². The number of carbonyl (C=O) groups excluding carboxylic acids is 1. The van der Waals surface area contributed by atoms with Crippen LogP contribution in [0.5, 0.6) is 6.01 Å². The molecular formula is C13H16N4O2. The molecule has 1 aromatic heterocycles. The molecule has 0 aliphatic carbocycles. The van der Waals surface area contributed by atoms with Crippen molar-refractivity contribution in [2.24, 2.45) is 0 Å². The topological polar surface area (TPSA) is 79.9 Å². The summed E-state index contributed by atoms with van der Waals surface area (Å²) in [5.74, 6) is 0.0657. The fourth-order valence-electron chi connectivity index (χ4n) is 1.72. The zero-order chi connectivity index (χ0) is 13.7. The van der Waals surface area contributed by atoms with Crippen LogP contribution in [0.3, 0.4) is 0 Å². The van der Waals surface area contributed by atoms with Crippen molar-refractivity contribution < 1.29 is 9.53 Å². The van der Waals surface area contributed by atoms with E-state index in [4.69, 9.17) is 4.74 Å². The molecule has 0 aliphatic rings. The van der Waals surface area contributed by atoms with Crippen molar-refractivity contribution >= 4 is 11.9 Å². The molecule has 6 nitrogen and oxygen atoms in total. The minimum absolute atomic E-state index is 0.211. The third kappa shape index (κ3) is 3.09. The zero-order valence-electron chi connectivity index (χ0n) is 10.9. The number of aromatic nitrogens is 3. The molecule has 0 radical (unpaired) electrons. The van der Waals surface area contributed by atoms with Crippen LogP contribution in [0.2, 0.25) is 0 Å². The molecule has 100 valence electrons. The summed E-state index contributed by atoms with van der Waals surface area (Å²) < 4.78 is 5.11. The monoisotopic (exact) mass is 260 g/mol. The van der Waals surface area contributed by atoms with Gasteiger partial charge >= 0.3 is 6.01 Å². The Labute approximate surface area is 111 Å². The highest BCUT2D eigenvalue weighted by atomic mass is 16.5. The van der Waals surface area contributed by atoms with Crippen LogP contribution in [-0.4, -0.2) is 27.7 Å². The lowest BCUT2D eigenvalue weighted by molar-refractivity contribution is 0.102. The van der Waals surface area contributed by atoms with Crippen LogP contribution >= 0.6 is 0 Å². The van der Waals surface area contributed by atoms with Crippen molar-refractivity contribution in [3.63, 3.8) is 0 Å². The second-order valence-corrected chi connectivity index (χ2v) is 3.86. The van der Waals surface area contributed by atoms with E-state index in [0.29, 0.717) is 12.2 Å². The molecule has 0 spiro atoms. The van der Waals surface area contributed by atoms with Crippen LogP contribution in [-0.2, 0) is 6.42 Å². The van der Waals surface area contributed by atoms with Gasteiger partial charge in [-0.2, -0.15) is 4.98 Å². The van der Waals surface area contributed by atoms with E-state index in [9.17, 15) is 4.79 Å². The normalized spacial score (nSPS) is 10.2. The number of carbonyl (C=O) groups is 1. The van der Waals surface area contributed by atoms with Gasteiger partial charge in [-0.1, -0.05) is 25.1 Å². The SMILES string of the molecule is CCOc1n[nH]c(NC(=O)c2ccccc2CC)n1. The molecule has 0 aliphatic heterocycles. The van der Waals surface area contributed by atoms with Gasteiger partial charge in [0.1, 0.15) is 0 Å². The molecule has 2 rings (SSSR count). The smallest absolute Gasteiger partial charge is 0.337 e. The maximum absolute atomic E-state index is 12.1. The van der Waals surface area contributed by atoms with E-state index in [2.05, 4.69) is 20.5 Å².